The average molecular weight is 208 g/mol. The monoisotopic (exact) mass is 208 g/mol. The maximum absolute atomic E-state index is 10.7. The summed E-state index contributed by atoms with van der Waals surface area (Å²) < 4.78 is 1.76. The predicted octanol–water partition coefficient (Wildman–Crippen LogP) is 2.06. The second-order valence-corrected chi connectivity index (χ2v) is 5.11. The predicted molar refractivity (Wildman–Crippen MR) is 59.3 cm³/mol. The third kappa shape index (κ3) is 1.81. The molecular formula is C12H20N2O. The SMILES string of the molecule is CC1CCC(O)(c2cnn(C)c2)C(C)C1. The van der Waals surface area contributed by atoms with Crippen molar-refractivity contribution in [3.05, 3.63) is 18.0 Å². The minimum Gasteiger partial charge on any atom is -0.385 e. The van der Waals surface area contributed by atoms with Crippen molar-refractivity contribution >= 4 is 0 Å². The fourth-order valence-electron chi connectivity index (χ4n) is 2.70. The van der Waals surface area contributed by atoms with Gasteiger partial charge in [0.2, 0.25) is 0 Å². The van der Waals surface area contributed by atoms with Crippen LogP contribution in [0.4, 0.5) is 0 Å². The van der Waals surface area contributed by atoms with Gasteiger partial charge >= 0.3 is 0 Å². The van der Waals surface area contributed by atoms with Gasteiger partial charge in [0.05, 0.1) is 11.8 Å². The second kappa shape index (κ2) is 3.63. The number of nitrogens with zero attached hydrogens (tertiary/aromatic N) is 2. The Morgan fingerprint density at radius 3 is 2.80 bits per heavy atom. The summed E-state index contributed by atoms with van der Waals surface area (Å²) in [7, 11) is 1.89. The molecule has 3 heteroatoms. The lowest BCUT2D eigenvalue weighted by Gasteiger charge is -2.40. The van der Waals surface area contributed by atoms with Gasteiger partial charge in [0, 0.05) is 18.8 Å². The average Bonchev–Trinajstić information content (AvgIpc) is 2.60. The van der Waals surface area contributed by atoms with E-state index in [9.17, 15) is 5.11 Å². The number of aryl methyl sites for hydroxylation is 1. The molecule has 0 spiro atoms. The fourth-order valence-corrected chi connectivity index (χ4v) is 2.70. The van der Waals surface area contributed by atoms with E-state index >= 15 is 0 Å². The van der Waals surface area contributed by atoms with Crippen LogP contribution in [-0.4, -0.2) is 14.9 Å². The Kier molecular flexibility index (Phi) is 2.59. The summed E-state index contributed by atoms with van der Waals surface area (Å²) in [4.78, 5) is 0. The molecular weight excluding hydrogens is 188 g/mol. The minimum atomic E-state index is -0.652. The van der Waals surface area contributed by atoms with E-state index < -0.39 is 5.60 Å². The lowest BCUT2D eigenvalue weighted by molar-refractivity contribution is -0.0588. The first kappa shape index (κ1) is 10.7. The fraction of sp³-hybridized carbons (Fsp3) is 0.750. The van der Waals surface area contributed by atoms with Crippen LogP contribution in [0.15, 0.2) is 12.4 Å². The highest BCUT2D eigenvalue weighted by molar-refractivity contribution is 5.17. The summed E-state index contributed by atoms with van der Waals surface area (Å²) in [6.45, 7) is 4.40. The van der Waals surface area contributed by atoms with Crippen LogP contribution in [0.3, 0.4) is 0 Å². The zero-order valence-corrected chi connectivity index (χ0v) is 9.77. The van der Waals surface area contributed by atoms with Gasteiger partial charge in [-0.05, 0) is 31.1 Å². The molecule has 1 aromatic rings. The molecule has 2 rings (SSSR count). The van der Waals surface area contributed by atoms with Gasteiger partial charge in [-0.25, -0.2) is 0 Å². The van der Waals surface area contributed by atoms with Crippen LogP contribution in [0.5, 0.6) is 0 Å². The first-order valence-electron chi connectivity index (χ1n) is 5.74. The van der Waals surface area contributed by atoms with E-state index in [-0.39, 0.29) is 0 Å². The van der Waals surface area contributed by atoms with Crippen LogP contribution in [0.25, 0.3) is 0 Å². The third-order valence-corrected chi connectivity index (χ3v) is 3.79. The van der Waals surface area contributed by atoms with Crippen molar-refractivity contribution < 1.29 is 5.11 Å². The summed E-state index contributed by atoms with van der Waals surface area (Å²) in [6, 6.07) is 0. The molecule has 3 atom stereocenters. The van der Waals surface area contributed by atoms with E-state index in [1.807, 2.05) is 13.2 Å². The van der Waals surface area contributed by atoms with Crippen molar-refractivity contribution in [1.29, 1.82) is 0 Å². The smallest absolute Gasteiger partial charge is 0.0952 e. The second-order valence-electron chi connectivity index (χ2n) is 5.11. The Labute approximate surface area is 91.1 Å². The van der Waals surface area contributed by atoms with Crippen molar-refractivity contribution in [3.8, 4) is 0 Å². The number of aliphatic hydroxyl groups is 1. The Morgan fingerprint density at radius 1 is 1.53 bits per heavy atom. The summed E-state index contributed by atoms with van der Waals surface area (Å²) in [6.07, 6.45) is 6.81. The van der Waals surface area contributed by atoms with Gasteiger partial charge in [0.15, 0.2) is 0 Å². The molecule has 3 nitrogen and oxygen atoms in total. The molecule has 15 heavy (non-hydrogen) atoms. The number of hydrogen-bond acceptors (Lipinski definition) is 2. The molecule has 0 amide bonds. The molecule has 1 heterocycles. The Morgan fingerprint density at radius 2 is 2.27 bits per heavy atom. The van der Waals surface area contributed by atoms with E-state index in [4.69, 9.17) is 0 Å². The summed E-state index contributed by atoms with van der Waals surface area (Å²) >= 11 is 0. The van der Waals surface area contributed by atoms with E-state index in [1.54, 1.807) is 10.9 Å². The van der Waals surface area contributed by atoms with Crippen molar-refractivity contribution in [2.75, 3.05) is 0 Å². The quantitative estimate of drug-likeness (QED) is 0.767. The molecule has 0 aliphatic heterocycles. The van der Waals surface area contributed by atoms with E-state index in [1.165, 1.54) is 0 Å². The van der Waals surface area contributed by atoms with Crippen LogP contribution >= 0.6 is 0 Å². The Balaban J connectivity index is 2.26. The molecule has 0 saturated heterocycles. The summed E-state index contributed by atoms with van der Waals surface area (Å²) in [5.74, 6) is 1.06. The largest absolute Gasteiger partial charge is 0.385 e. The van der Waals surface area contributed by atoms with Gasteiger partial charge in [-0.1, -0.05) is 13.8 Å². The standard InChI is InChI=1S/C12H20N2O/c1-9-4-5-12(15,10(2)6-9)11-7-13-14(3)8-11/h7-10,15H,4-6H2,1-3H3. The Bertz CT molecular complexity index is 347. The summed E-state index contributed by atoms with van der Waals surface area (Å²) in [5, 5.41) is 14.8. The van der Waals surface area contributed by atoms with Crippen molar-refractivity contribution in [2.45, 2.75) is 38.7 Å². The molecule has 1 aliphatic rings. The molecule has 0 radical (unpaired) electrons. The number of rotatable bonds is 1. The molecule has 0 bridgehead atoms. The van der Waals surface area contributed by atoms with Gasteiger partial charge in [-0.2, -0.15) is 5.10 Å². The normalized spacial score (nSPS) is 36.8. The minimum absolute atomic E-state index is 0.324. The van der Waals surface area contributed by atoms with Crippen LogP contribution in [0.1, 0.15) is 38.7 Å². The van der Waals surface area contributed by atoms with Crippen molar-refractivity contribution in [1.82, 2.24) is 9.78 Å². The molecule has 1 N–H and O–H groups in total. The van der Waals surface area contributed by atoms with E-state index in [2.05, 4.69) is 18.9 Å². The van der Waals surface area contributed by atoms with E-state index in [0.717, 1.165) is 30.7 Å². The first-order valence-corrected chi connectivity index (χ1v) is 5.74. The lowest BCUT2D eigenvalue weighted by atomic mass is 9.70. The molecule has 3 unspecified atom stereocenters. The van der Waals surface area contributed by atoms with Crippen LogP contribution in [0.2, 0.25) is 0 Å². The topological polar surface area (TPSA) is 38.1 Å². The molecule has 84 valence electrons. The van der Waals surface area contributed by atoms with Gasteiger partial charge < -0.3 is 5.11 Å². The lowest BCUT2D eigenvalue weighted by Crippen LogP contribution is -2.38. The van der Waals surface area contributed by atoms with Gasteiger partial charge in [0.25, 0.3) is 0 Å². The van der Waals surface area contributed by atoms with Crippen LogP contribution in [0, 0.1) is 11.8 Å². The first-order chi connectivity index (χ1) is 7.02. The van der Waals surface area contributed by atoms with E-state index in [0.29, 0.717) is 5.92 Å². The molecule has 1 fully saturated rings. The number of hydrogen-bond donors (Lipinski definition) is 1. The third-order valence-electron chi connectivity index (χ3n) is 3.79. The molecule has 0 aromatic carbocycles. The maximum Gasteiger partial charge on any atom is 0.0952 e. The van der Waals surface area contributed by atoms with Crippen molar-refractivity contribution in [3.63, 3.8) is 0 Å². The molecule has 1 aromatic heterocycles. The zero-order chi connectivity index (χ0) is 11.1. The molecule has 1 aliphatic carbocycles. The van der Waals surface area contributed by atoms with Crippen LogP contribution < -0.4 is 0 Å². The summed E-state index contributed by atoms with van der Waals surface area (Å²) in [5.41, 5.74) is 0.324. The van der Waals surface area contributed by atoms with Gasteiger partial charge in [-0.3, -0.25) is 4.68 Å². The highest BCUT2D eigenvalue weighted by Crippen LogP contribution is 2.43. The zero-order valence-electron chi connectivity index (χ0n) is 9.77. The molecule has 1 saturated carbocycles. The van der Waals surface area contributed by atoms with Crippen molar-refractivity contribution in [2.24, 2.45) is 18.9 Å². The number of aromatic nitrogens is 2. The van der Waals surface area contributed by atoms with Gasteiger partial charge in [0.1, 0.15) is 0 Å². The highest BCUT2D eigenvalue weighted by Gasteiger charge is 2.40. The van der Waals surface area contributed by atoms with Crippen LogP contribution in [-0.2, 0) is 12.6 Å². The highest BCUT2D eigenvalue weighted by atomic mass is 16.3. The Hall–Kier alpha value is -0.830. The van der Waals surface area contributed by atoms with Gasteiger partial charge in [-0.15, -0.1) is 0 Å². The maximum atomic E-state index is 10.7.